The van der Waals surface area contributed by atoms with Gasteiger partial charge < -0.3 is 14.7 Å². The molecule has 0 saturated carbocycles. The Bertz CT molecular complexity index is 2050. The molecule has 0 bridgehead atoms. The highest BCUT2D eigenvalue weighted by Crippen LogP contribution is 2.30. The summed E-state index contributed by atoms with van der Waals surface area (Å²) in [4.78, 5) is 26.2. The largest absolute Gasteiger partial charge is 0.416 e. The van der Waals surface area contributed by atoms with Crippen LogP contribution in [0.4, 0.5) is 24.5 Å². The zero-order chi connectivity index (χ0) is 39.6. The van der Waals surface area contributed by atoms with Gasteiger partial charge in [-0.15, -0.1) is 0 Å². The first kappa shape index (κ1) is 40.3. The zero-order valence-electron chi connectivity index (χ0n) is 32.1. The van der Waals surface area contributed by atoms with E-state index in [9.17, 15) is 18.0 Å². The molecule has 57 heavy (non-hydrogen) atoms. The Morgan fingerprint density at radius 2 is 1.25 bits per heavy atom. The van der Waals surface area contributed by atoms with E-state index in [1.54, 1.807) is 0 Å². The van der Waals surface area contributed by atoms with Crippen molar-refractivity contribution in [3.63, 3.8) is 0 Å². The fourth-order valence-corrected chi connectivity index (χ4v) is 8.19. The summed E-state index contributed by atoms with van der Waals surface area (Å²) < 4.78 is 40.8. The fourth-order valence-electron chi connectivity index (χ4n) is 7.74. The number of piperazine rings is 2. The number of benzene rings is 5. The highest BCUT2D eigenvalue weighted by atomic mass is 79.9. The van der Waals surface area contributed by atoms with Gasteiger partial charge in [-0.2, -0.15) is 13.2 Å². The molecule has 2 aliphatic rings. The highest BCUT2D eigenvalue weighted by molar-refractivity contribution is 9.10. The molecule has 0 unspecified atom stereocenters. The molecule has 0 aliphatic carbocycles. The average molecular weight is 837 g/mol. The molecule has 296 valence electrons. The number of rotatable bonds is 13. The Labute approximate surface area is 342 Å². The molecule has 5 aromatic carbocycles. The van der Waals surface area contributed by atoms with E-state index >= 15 is 0 Å². The normalized spacial score (nSPS) is 16.1. The van der Waals surface area contributed by atoms with Crippen LogP contribution in [-0.2, 0) is 30.5 Å². The van der Waals surface area contributed by atoms with Crippen LogP contribution in [0.3, 0.4) is 0 Å². The minimum absolute atomic E-state index is 0.0842. The quantitative estimate of drug-likeness (QED) is 0.118. The number of hydrogen-bond acceptors (Lipinski definition) is 5. The van der Waals surface area contributed by atoms with Gasteiger partial charge in [-0.3, -0.25) is 14.6 Å². The van der Waals surface area contributed by atoms with Crippen molar-refractivity contribution in [2.75, 3.05) is 68.7 Å². The summed E-state index contributed by atoms with van der Waals surface area (Å²) in [5.41, 5.74) is 5.81. The number of carbonyl (C=O) groups is 1. The van der Waals surface area contributed by atoms with Gasteiger partial charge in [-0.25, -0.2) is 0 Å². The molecule has 0 spiro atoms. The number of anilines is 2. The van der Waals surface area contributed by atoms with Gasteiger partial charge in [-0.05, 0) is 71.1 Å². The summed E-state index contributed by atoms with van der Waals surface area (Å²) in [7, 11) is 0. The molecular formula is C47H49BrF3N5O. The van der Waals surface area contributed by atoms with Gasteiger partial charge >= 0.3 is 6.18 Å². The van der Waals surface area contributed by atoms with Crippen LogP contribution in [-0.4, -0.2) is 85.6 Å². The third-order valence-corrected chi connectivity index (χ3v) is 11.8. The number of amides is 1. The van der Waals surface area contributed by atoms with E-state index in [1.165, 1.54) is 29.1 Å². The molecule has 0 N–H and O–H groups in total. The minimum atomic E-state index is -4.39. The van der Waals surface area contributed by atoms with E-state index in [-0.39, 0.29) is 5.91 Å². The third-order valence-electron chi connectivity index (χ3n) is 11.0. The molecule has 2 fully saturated rings. The molecule has 2 heterocycles. The average Bonchev–Trinajstić information content (AvgIpc) is 3.24. The van der Waals surface area contributed by atoms with Gasteiger partial charge in [0.05, 0.1) is 11.6 Å². The molecule has 2 saturated heterocycles. The molecule has 1 amide bonds. The molecule has 0 radical (unpaired) electrons. The number of para-hydroxylation sites is 1. The maximum atomic E-state index is 14.8. The van der Waals surface area contributed by atoms with Crippen molar-refractivity contribution in [1.29, 1.82) is 0 Å². The van der Waals surface area contributed by atoms with Crippen LogP contribution in [0.1, 0.15) is 27.8 Å². The number of alkyl halides is 3. The summed E-state index contributed by atoms with van der Waals surface area (Å²) in [5.74, 6) is 0.0842. The SMILES string of the molecule is O=C([C@H](Cc1ccccc1Br)N(C/C=C/c1ccc(C(F)(F)F)cc1)Cc1ccc(N2CCN(c3ccccc3)CC2)cc1)N1CCN(Cc2ccccc2)CC1. The first-order valence-corrected chi connectivity index (χ1v) is 20.5. The van der Waals surface area contributed by atoms with Crippen LogP contribution in [0.15, 0.2) is 144 Å². The summed E-state index contributed by atoms with van der Waals surface area (Å²) in [6, 6.07) is 42.4. The fraction of sp³-hybridized carbons (Fsp3) is 0.298. The van der Waals surface area contributed by atoms with Crippen LogP contribution in [0.5, 0.6) is 0 Å². The van der Waals surface area contributed by atoms with Crippen LogP contribution in [0, 0.1) is 0 Å². The standard InChI is InChI=1S/C47H49BrF3N5O/c48-44-16-8-7-13-40(44)34-45(46(57)55-28-26-52(27-29-55)35-38-10-3-1-4-11-38)56(25-9-12-37-17-21-41(22-18-37)47(49,50)51)36-39-19-23-43(24-20-39)54-32-30-53(31-33-54)42-14-5-2-6-15-42/h1-24,45H,25-36H2/b12-9+/t45-/m0/s1. The van der Waals surface area contributed by atoms with Crippen LogP contribution >= 0.6 is 15.9 Å². The zero-order valence-corrected chi connectivity index (χ0v) is 33.7. The smallest absolute Gasteiger partial charge is 0.368 e. The van der Waals surface area contributed by atoms with E-state index in [0.29, 0.717) is 38.2 Å². The lowest BCUT2D eigenvalue weighted by molar-refractivity contribution is -0.139. The monoisotopic (exact) mass is 835 g/mol. The lowest BCUT2D eigenvalue weighted by atomic mass is 10.0. The topological polar surface area (TPSA) is 33.3 Å². The van der Waals surface area contributed by atoms with Crippen molar-refractivity contribution < 1.29 is 18.0 Å². The summed E-state index contributed by atoms with van der Waals surface area (Å²) in [5, 5.41) is 0. The molecule has 5 aromatic rings. The summed E-state index contributed by atoms with van der Waals surface area (Å²) >= 11 is 3.74. The summed E-state index contributed by atoms with van der Waals surface area (Å²) in [6.45, 7) is 8.41. The van der Waals surface area contributed by atoms with Gasteiger partial charge in [0.15, 0.2) is 0 Å². The third kappa shape index (κ3) is 10.9. The lowest BCUT2D eigenvalue weighted by Gasteiger charge is -2.39. The second-order valence-corrected chi connectivity index (χ2v) is 15.7. The van der Waals surface area contributed by atoms with Gasteiger partial charge in [0, 0.05) is 87.8 Å². The number of carbonyl (C=O) groups excluding carboxylic acids is 1. The van der Waals surface area contributed by atoms with Gasteiger partial charge in [0.1, 0.15) is 0 Å². The molecule has 7 rings (SSSR count). The van der Waals surface area contributed by atoms with E-state index in [4.69, 9.17) is 0 Å². The first-order chi connectivity index (χ1) is 27.7. The molecule has 0 aromatic heterocycles. The number of nitrogens with zero attached hydrogens (tertiary/aromatic N) is 5. The van der Waals surface area contributed by atoms with Crippen LogP contribution in [0.2, 0.25) is 0 Å². The molecule has 10 heteroatoms. The van der Waals surface area contributed by atoms with Crippen molar-refractivity contribution in [3.05, 3.63) is 172 Å². The van der Waals surface area contributed by atoms with Crippen molar-refractivity contribution in [2.45, 2.75) is 31.7 Å². The van der Waals surface area contributed by atoms with E-state index < -0.39 is 17.8 Å². The van der Waals surface area contributed by atoms with Crippen LogP contribution in [0.25, 0.3) is 6.08 Å². The molecule has 2 aliphatic heterocycles. The van der Waals surface area contributed by atoms with Crippen molar-refractivity contribution in [2.24, 2.45) is 0 Å². The highest BCUT2D eigenvalue weighted by Gasteiger charge is 2.33. The van der Waals surface area contributed by atoms with Crippen LogP contribution < -0.4 is 9.80 Å². The lowest BCUT2D eigenvalue weighted by Crippen LogP contribution is -2.55. The van der Waals surface area contributed by atoms with Crippen molar-refractivity contribution in [1.82, 2.24) is 14.7 Å². The van der Waals surface area contributed by atoms with E-state index in [2.05, 4.69) is 114 Å². The van der Waals surface area contributed by atoms with Gasteiger partial charge in [-0.1, -0.05) is 119 Å². The summed E-state index contributed by atoms with van der Waals surface area (Å²) in [6.07, 6.45) is -0.0885. The second kappa shape index (κ2) is 19.0. The Hall–Kier alpha value is -4.90. The predicted octanol–water partition coefficient (Wildman–Crippen LogP) is 9.27. The van der Waals surface area contributed by atoms with Crippen molar-refractivity contribution >= 4 is 39.3 Å². The second-order valence-electron chi connectivity index (χ2n) is 14.8. The first-order valence-electron chi connectivity index (χ1n) is 19.7. The van der Waals surface area contributed by atoms with Crippen molar-refractivity contribution in [3.8, 4) is 0 Å². The molecular weight excluding hydrogens is 787 g/mol. The predicted molar refractivity (Wildman–Crippen MR) is 228 cm³/mol. The Balaban J connectivity index is 1.11. The molecule has 1 atom stereocenters. The van der Waals surface area contributed by atoms with E-state index in [1.807, 2.05) is 47.4 Å². The number of hydrogen-bond donors (Lipinski definition) is 0. The Morgan fingerprint density at radius 1 is 0.667 bits per heavy atom. The minimum Gasteiger partial charge on any atom is -0.368 e. The molecule has 6 nitrogen and oxygen atoms in total. The number of halogens is 4. The Morgan fingerprint density at radius 3 is 1.86 bits per heavy atom. The van der Waals surface area contributed by atoms with E-state index in [0.717, 1.165) is 73.5 Å². The van der Waals surface area contributed by atoms with Gasteiger partial charge in [0.2, 0.25) is 5.91 Å². The maximum Gasteiger partial charge on any atom is 0.416 e. The maximum absolute atomic E-state index is 14.8. The van der Waals surface area contributed by atoms with Gasteiger partial charge in [0.25, 0.3) is 0 Å². The Kier molecular flexibility index (Phi) is 13.5.